The van der Waals surface area contributed by atoms with Crippen LogP contribution in [0.1, 0.15) is 10.4 Å². The zero-order valence-electron chi connectivity index (χ0n) is 10.3. The fourth-order valence-electron chi connectivity index (χ4n) is 1.33. The summed E-state index contributed by atoms with van der Waals surface area (Å²) in [5.41, 5.74) is 4.04. The highest BCUT2D eigenvalue weighted by Gasteiger charge is 2.51. The number of halogens is 2. The molecule has 0 aliphatic carbocycles. The van der Waals surface area contributed by atoms with E-state index in [0.29, 0.717) is 0 Å². The largest absolute Gasteiger partial charge is 0.394 e. The van der Waals surface area contributed by atoms with Gasteiger partial charge in [-0.1, -0.05) is 0 Å². The first-order chi connectivity index (χ1) is 9.12. The lowest BCUT2D eigenvalue weighted by Crippen LogP contribution is -2.53. The summed E-state index contributed by atoms with van der Waals surface area (Å²) < 4.78 is 27.3. The summed E-state index contributed by atoms with van der Waals surface area (Å²) in [6.45, 7) is 0.153. The van der Waals surface area contributed by atoms with E-state index in [1.165, 1.54) is 6.92 Å². The van der Waals surface area contributed by atoms with Crippen LogP contribution in [0.4, 0.5) is 14.6 Å². The first-order valence-electron chi connectivity index (χ1n) is 5.38. The Labute approximate surface area is 111 Å². The Balaban J connectivity index is 3.24. The fraction of sp³-hybridized carbons (Fsp3) is 0.500. The first-order valence-corrected chi connectivity index (χ1v) is 5.38. The highest BCUT2D eigenvalue weighted by Crippen LogP contribution is 2.23. The number of hydrogen-bond acceptors (Lipinski definition) is 7. The van der Waals surface area contributed by atoms with Crippen molar-refractivity contribution in [2.75, 3.05) is 12.3 Å². The van der Waals surface area contributed by atoms with Gasteiger partial charge in [0.1, 0.15) is 11.9 Å². The topological polar surface area (TPSA) is 139 Å². The van der Waals surface area contributed by atoms with Gasteiger partial charge in [0.05, 0.1) is 6.61 Å². The molecule has 0 aliphatic heterocycles. The molecule has 0 aromatic carbocycles. The average molecular weight is 293 g/mol. The Morgan fingerprint density at radius 3 is 2.60 bits per heavy atom. The number of aliphatic hydroxyl groups is 3. The van der Waals surface area contributed by atoms with Crippen molar-refractivity contribution in [2.45, 2.75) is 25.1 Å². The van der Waals surface area contributed by atoms with Crippen LogP contribution in [0.15, 0.2) is 11.0 Å². The summed E-state index contributed by atoms with van der Waals surface area (Å²) in [4.78, 5) is 26.1. The van der Waals surface area contributed by atoms with Gasteiger partial charge in [-0.3, -0.25) is 4.79 Å². The van der Waals surface area contributed by atoms with Gasteiger partial charge >= 0.3 is 17.5 Å². The zero-order valence-corrected chi connectivity index (χ0v) is 10.3. The number of nitrogens with zero attached hydrogens (tertiary/aromatic N) is 2. The van der Waals surface area contributed by atoms with Gasteiger partial charge in [-0.05, 0) is 6.92 Å². The Morgan fingerprint density at radius 1 is 1.55 bits per heavy atom. The molecular formula is C10H13F2N3O5. The molecule has 2 atom stereocenters. The lowest BCUT2D eigenvalue weighted by molar-refractivity contribution is -0.136. The summed E-state index contributed by atoms with van der Waals surface area (Å²) in [6.07, 6.45) is -4.36. The Hall–Kier alpha value is -1.91. The number of rotatable bonds is 4. The second-order valence-corrected chi connectivity index (χ2v) is 4.08. The van der Waals surface area contributed by atoms with Crippen LogP contribution in [0.3, 0.4) is 0 Å². The predicted octanol–water partition coefficient (Wildman–Crippen LogP) is -1.88. The molecule has 1 heterocycles. The van der Waals surface area contributed by atoms with Gasteiger partial charge in [0.2, 0.25) is 0 Å². The second-order valence-electron chi connectivity index (χ2n) is 4.08. The number of carbonyl (C=O) groups excluding carboxylic acids is 1. The van der Waals surface area contributed by atoms with Gasteiger partial charge in [-0.25, -0.2) is 9.36 Å². The molecule has 0 saturated carbocycles. The molecule has 0 amide bonds. The monoisotopic (exact) mass is 293 g/mol. The van der Waals surface area contributed by atoms with E-state index < -0.39 is 36.3 Å². The maximum atomic E-state index is 13.7. The Morgan fingerprint density at radius 2 is 2.10 bits per heavy atom. The molecule has 0 fully saturated rings. The molecule has 1 aromatic rings. The third-order valence-electron chi connectivity index (χ3n) is 2.58. The second kappa shape index (κ2) is 5.61. The van der Waals surface area contributed by atoms with Crippen LogP contribution in [-0.2, 0) is 0 Å². The number of nitrogens with two attached hydrogens (primary N) is 1. The predicted molar refractivity (Wildman–Crippen MR) is 62.3 cm³/mol. The Kier molecular flexibility index (Phi) is 4.53. The van der Waals surface area contributed by atoms with Crippen LogP contribution in [0.25, 0.3) is 0 Å². The number of alkyl halides is 2. The fourth-order valence-corrected chi connectivity index (χ4v) is 1.33. The number of hydrogen-bond donors (Lipinski definition) is 4. The normalized spacial score (nSPS) is 14.9. The van der Waals surface area contributed by atoms with Gasteiger partial charge in [0.25, 0.3) is 0 Å². The average Bonchev–Trinajstić information content (AvgIpc) is 2.40. The number of carbonyl (C=O) groups is 1. The molecule has 0 spiro atoms. The third-order valence-corrected chi connectivity index (χ3v) is 2.58. The summed E-state index contributed by atoms with van der Waals surface area (Å²) in [7, 11) is 0. The molecule has 5 N–H and O–H groups in total. The standard InChI is InChI=1S/C10H13F2N3O5/c1-4-2-15(9(20)14-7(4)13)8(19)10(11,12)6(18)5(17)3-16/h2,5-6,16-18H,3H2,1H3,(H2,13,14,20)/t5-,6-/m1/s1. The van der Waals surface area contributed by atoms with Crippen molar-refractivity contribution in [3.63, 3.8) is 0 Å². The van der Waals surface area contributed by atoms with Crippen molar-refractivity contribution in [3.8, 4) is 0 Å². The van der Waals surface area contributed by atoms with E-state index in [2.05, 4.69) is 4.98 Å². The van der Waals surface area contributed by atoms with Crippen LogP contribution >= 0.6 is 0 Å². The van der Waals surface area contributed by atoms with Gasteiger partial charge in [-0.15, -0.1) is 0 Å². The number of aryl methyl sites for hydroxylation is 1. The molecule has 112 valence electrons. The SMILES string of the molecule is Cc1cn(C(=O)C(F)(F)[C@H](O)[C@H](O)CO)c(=O)nc1N. The van der Waals surface area contributed by atoms with Crippen LogP contribution in [-0.4, -0.2) is 55.5 Å². The summed E-state index contributed by atoms with van der Waals surface area (Å²) in [5, 5.41) is 26.6. The smallest absolute Gasteiger partial charge is 0.356 e. The lowest BCUT2D eigenvalue weighted by Gasteiger charge is -2.24. The minimum atomic E-state index is -4.49. The molecule has 0 unspecified atom stereocenters. The molecule has 0 radical (unpaired) electrons. The van der Waals surface area contributed by atoms with E-state index >= 15 is 0 Å². The number of aliphatic hydroxyl groups excluding tert-OH is 3. The van der Waals surface area contributed by atoms with Crippen molar-refractivity contribution in [1.29, 1.82) is 0 Å². The van der Waals surface area contributed by atoms with E-state index in [1.54, 1.807) is 0 Å². The molecular weight excluding hydrogens is 280 g/mol. The van der Waals surface area contributed by atoms with Crippen molar-refractivity contribution in [2.24, 2.45) is 0 Å². The van der Waals surface area contributed by atoms with Gasteiger partial charge in [0.15, 0.2) is 6.10 Å². The van der Waals surface area contributed by atoms with Crippen LogP contribution in [0, 0.1) is 6.92 Å². The summed E-state index contributed by atoms with van der Waals surface area (Å²) in [6, 6.07) is 0. The Bertz CT molecular complexity index is 575. The zero-order chi connectivity index (χ0) is 15.7. The van der Waals surface area contributed by atoms with Crippen molar-refractivity contribution in [1.82, 2.24) is 9.55 Å². The van der Waals surface area contributed by atoms with E-state index in [4.69, 9.17) is 21.1 Å². The molecule has 0 aliphatic rings. The van der Waals surface area contributed by atoms with E-state index in [9.17, 15) is 18.4 Å². The number of nitrogen functional groups attached to an aromatic ring is 1. The van der Waals surface area contributed by atoms with E-state index in [-0.39, 0.29) is 15.9 Å². The van der Waals surface area contributed by atoms with Crippen molar-refractivity contribution >= 4 is 11.7 Å². The van der Waals surface area contributed by atoms with Gasteiger partial charge in [-0.2, -0.15) is 13.8 Å². The maximum Gasteiger partial charge on any atom is 0.356 e. The quantitative estimate of drug-likeness (QED) is 0.509. The molecule has 8 nitrogen and oxygen atoms in total. The highest BCUT2D eigenvalue weighted by atomic mass is 19.3. The molecule has 10 heteroatoms. The highest BCUT2D eigenvalue weighted by molar-refractivity contribution is 5.86. The number of anilines is 1. The van der Waals surface area contributed by atoms with Gasteiger partial charge in [0, 0.05) is 11.8 Å². The molecule has 20 heavy (non-hydrogen) atoms. The maximum absolute atomic E-state index is 13.7. The molecule has 1 rings (SSSR count). The van der Waals surface area contributed by atoms with E-state index in [0.717, 1.165) is 6.20 Å². The molecule has 0 saturated heterocycles. The van der Waals surface area contributed by atoms with Crippen LogP contribution < -0.4 is 11.4 Å². The molecule has 0 bridgehead atoms. The van der Waals surface area contributed by atoms with Crippen molar-refractivity contribution in [3.05, 3.63) is 22.2 Å². The van der Waals surface area contributed by atoms with Crippen LogP contribution in [0.5, 0.6) is 0 Å². The van der Waals surface area contributed by atoms with Crippen molar-refractivity contribution < 1.29 is 28.9 Å². The van der Waals surface area contributed by atoms with Crippen LogP contribution in [0.2, 0.25) is 0 Å². The van der Waals surface area contributed by atoms with Gasteiger partial charge < -0.3 is 21.1 Å². The summed E-state index contributed by atoms with van der Waals surface area (Å²) in [5.74, 6) is -6.80. The minimum absolute atomic E-state index is 0.0149. The lowest BCUT2D eigenvalue weighted by atomic mass is 10.1. The summed E-state index contributed by atoms with van der Waals surface area (Å²) >= 11 is 0. The number of aromatic nitrogens is 2. The molecule has 1 aromatic heterocycles. The van der Waals surface area contributed by atoms with E-state index in [1.807, 2.05) is 0 Å². The third kappa shape index (κ3) is 2.81. The minimum Gasteiger partial charge on any atom is -0.394 e. The first kappa shape index (κ1) is 16.1.